The second-order valence-electron chi connectivity index (χ2n) is 5.99. The Balaban J connectivity index is 1.37. The van der Waals surface area contributed by atoms with Crippen molar-refractivity contribution in [2.24, 2.45) is 0 Å². The lowest BCUT2D eigenvalue weighted by Gasteiger charge is -2.13. The van der Waals surface area contributed by atoms with Crippen molar-refractivity contribution in [3.05, 3.63) is 75.8 Å². The first kappa shape index (κ1) is 18.3. The van der Waals surface area contributed by atoms with E-state index in [1.165, 1.54) is 11.3 Å². The molecule has 0 unspecified atom stereocenters. The van der Waals surface area contributed by atoms with Crippen LogP contribution in [0.2, 0.25) is 5.02 Å². The molecule has 1 aliphatic heterocycles. The number of hydrogen-bond acceptors (Lipinski definition) is 6. The maximum Gasteiger partial charge on any atom is 0.357 e. The molecule has 140 valence electrons. The number of hydrogen-bond donors (Lipinski definition) is 0. The average molecular weight is 413 g/mol. The van der Waals surface area contributed by atoms with E-state index in [2.05, 4.69) is 4.98 Å². The molecule has 0 atom stereocenters. The zero-order valence-electron chi connectivity index (χ0n) is 14.4. The molecule has 28 heavy (non-hydrogen) atoms. The highest BCUT2D eigenvalue weighted by molar-refractivity contribution is 7.13. The van der Waals surface area contributed by atoms with Crippen LogP contribution < -0.4 is 0 Å². The van der Waals surface area contributed by atoms with Gasteiger partial charge in [-0.2, -0.15) is 0 Å². The van der Waals surface area contributed by atoms with Gasteiger partial charge in [-0.05, 0) is 24.3 Å². The van der Waals surface area contributed by atoms with Crippen LogP contribution in [0.5, 0.6) is 0 Å². The Morgan fingerprint density at radius 1 is 1.07 bits per heavy atom. The van der Waals surface area contributed by atoms with E-state index < -0.39 is 5.97 Å². The number of esters is 1. The lowest BCUT2D eigenvalue weighted by molar-refractivity contribution is 0.0416. The molecule has 3 aromatic rings. The molecule has 0 spiro atoms. The van der Waals surface area contributed by atoms with E-state index in [1.807, 2.05) is 6.07 Å². The monoisotopic (exact) mass is 412 g/mol. The van der Waals surface area contributed by atoms with Crippen LogP contribution in [-0.2, 0) is 4.74 Å². The third-order valence-corrected chi connectivity index (χ3v) is 5.34. The van der Waals surface area contributed by atoms with E-state index in [-0.39, 0.29) is 30.7 Å². The Morgan fingerprint density at radius 2 is 1.79 bits per heavy atom. The lowest BCUT2D eigenvalue weighted by atomic mass is 10.1. The number of ether oxygens (including phenoxy) is 1. The molecule has 0 saturated carbocycles. The minimum atomic E-state index is -0.610. The van der Waals surface area contributed by atoms with Crippen LogP contribution >= 0.6 is 22.9 Å². The van der Waals surface area contributed by atoms with E-state index in [0.29, 0.717) is 21.2 Å². The number of aromatic nitrogens is 1. The summed E-state index contributed by atoms with van der Waals surface area (Å²) in [4.78, 5) is 42.1. The fourth-order valence-electron chi connectivity index (χ4n) is 2.87. The largest absolute Gasteiger partial charge is 0.459 e. The van der Waals surface area contributed by atoms with Crippen LogP contribution in [0, 0.1) is 0 Å². The van der Waals surface area contributed by atoms with E-state index >= 15 is 0 Å². The molecule has 2 amide bonds. The SMILES string of the molecule is O=C(OCCN1C(=O)c2ccccc2C1=O)c1csc(-c2cccc(Cl)c2)n1. The number of benzene rings is 2. The van der Waals surface area contributed by atoms with Gasteiger partial charge in [0, 0.05) is 16.0 Å². The molecule has 4 rings (SSSR count). The van der Waals surface area contributed by atoms with Gasteiger partial charge in [0.1, 0.15) is 11.6 Å². The molecule has 0 radical (unpaired) electrons. The second-order valence-corrected chi connectivity index (χ2v) is 7.29. The van der Waals surface area contributed by atoms with Gasteiger partial charge in [0.05, 0.1) is 17.7 Å². The van der Waals surface area contributed by atoms with Crippen molar-refractivity contribution in [3.63, 3.8) is 0 Å². The Hall–Kier alpha value is -3.03. The first-order valence-electron chi connectivity index (χ1n) is 8.38. The van der Waals surface area contributed by atoms with Crippen molar-refractivity contribution in [3.8, 4) is 10.6 Å². The van der Waals surface area contributed by atoms with Crippen molar-refractivity contribution < 1.29 is 19.1 Å². The Labute approximate surface area is 169 Å². The van der Waals surface area contributed by atoms with Gasteiger partial charge in [0.25, 0.3) is 11.8 Å². The number of fused-ring (bicyclic) bond motifs is 1. The maximum absolute atomic E-state index is 12.3. The van der Waals surface area contributed by atoms with Crippen molar-refractivity contribution in [1.29, 1.82) is 0 Å². The molecule has 1 aromatic heterocycles. The predicted molar refractivity (Wildman–Crippen MR) is 105 cm³/mol. The molecule has 0 N–H and O–H groups in total. The molecular weight excluding hydrogens is 400 g/mol. The summed E-state index contributed by atoms with van der Waals surface area (Å²) < 4.78 is 5.19. The molecule has 2 aromatic carbocycles. The summed E-state index contributed by atoms with van der Waals surface area (Å²) in [5.41, 5.74) is 1.71. The van der Waals surface area contributed by atoms with Crippen LogP contribution in [0.15, 0.2) is 53.9 Å². The number of halogens is 1. The fraction of sp³-hybridized carbons (Fsp3) is 0.100. The molecule has 0 bridgehead atoms. The maximum atomic E-state index is 12.3. The van der Waals surface area contributed by atoms with Crippen molar-refractivity contribution >= 4 is 40.7 Å². The van der Waals surface area contributed by atoms with Crippen LogP contribution in [0.25, 0.3) is 10.6 Å². The summed E-state index contributed by atoms with van der Waals surface area (Å²) in [7, 11) is 0. The van der Waals surface area contributed by atoms with Gasteiger partial charge in [0.15, 0.2) is 5.69 Å². The molecule has 1 aliphatic rings. The van der Waals surface area contributed by atoms with E-state index in [1.54, 1.807) is 47.8 Å². The van der Waals surface area contributed by atoms with Crippen LogP contribution in [-0.4, -0.2) is 40.8 Å². The van der Waals surface area contributed by atoms with Gasteiger partial charge in [-0.1, -0.05) is 35.9 Å². The van der Waals surface area contributed by atoms with E-state index in [0.717, 1.165) is 10.5 Å². The van der Waals surface area contributed by atoms with Gasteiger partial charge in [-0.3, -0.25) is 14.5 Å². The van der Waals surface area contributed by atoms with Gasteiger partial charge in [-0.25, -0.2) is 9.78 Å². The lowest BCUT2D eigenvalue weighted by Crippen LogP contribution is -2.33. The predicted octanol–water partition coefficient (Wildman–Crippen LogP) is 3.92. The van der Waals surface area contributed by atoms with Crippen molar-refractivity contribution in [2.45, 2.75) is 0 Å². The van der Waals surface area contributed by atoms with Crippen LogP contribution in [0.1, 0.15) is 31.2 Å². The standard InChI is InChI=1S/C20H13ClN2O4S/c21-13-5-3-4-12(10-13)17-22-16(11-28-17)20(26)27-9-8-23-18(24)14-6-1-2-7-15(14)19(23)25/h1-7,10-11H,8-9H2. The Kier molecular flexibility index (Phi) is 4.93. The zero-order valence-corrected chi connectivity index (χ0v) is 16.0. The second kappa shape index (κ2) is 7.53. The fourth-order valence-corrected chi connectivity index (χ4v) is 3.84. The van der Waals surface area contributed by atoms with Crippen molar-refractivity contribution in [1.82, 2.24) is 9.88 Å². The van der Waals surface area contributed by atoms with Crippen LogP contribution in [0.4, 0.5) is 0 Å². The van der Waals surface area contributed by atoms with E-state index in [9.17, 15) is 14.4 Å². The Bertz CT molecular complexity index is 1060. The minimum absolute atomic E-state index is 0.0105. The normalized spacial score (nSPS) is 13.0. The minimum Gasteiger partial charge on any atom is -0.459 e. The summed E-state index contributed by atoms with van der Waals surface area (Å²) in [6.07, 6.45) is 0. The smallest absolute Gasteiger partial charge is 0.357 e. The first-order chi connectivity index (χ1) is 13.5. The molecule has 0 saturated heterocycles. The van der Waals surface area contributed by atoms with Gasteiger partial charge in [-0.15, -0.1) is 11.3 Å². The molecule has 0 aliphatic carbocycles. The highest BCUT2D eigenvalue weighted by Gasteiger charge is 2.34. The van der Waals surface area contributed by atoms with Crippen molar-refractivity contribution in [2.75, 3.05) is 13.2 Å². The number of nitrogens with zero attached hydrogens (tertiary/aromatic N) is 2. The summed E-state index contributed by atoms with van der Waals surface area (Å²) in [5, 5.41) is 2.83. The van der Waals surface area contributed by atoms with E-state index in [4.69, 9.17) is 16.3 Å². The highest BCUT2D eigenvalue weighted by atomic mass is 35.5. The zero-order chi connectivity index (χ0) is 19.7. The third kappa shape index (κ3) is 3.42. The first-order valence-corrected chi connectivity index (χ1v) is 9.64. The highest BCUT2D eigenvalue weighted by Crippen LogP contribution is 2.26. The molecule has 6 nitrogen and oxygen atoms in total. The molecule has 2 heterocycles. The van der Waals surface area contributed by atoms with Gasteiger partial charge in [0.2, 0.25) is 0 Å². The summed E-state index contributed by atoms with van der Waals surface area (Å²) >= 11 is 7.28. The number of rotatable bonds is 5. The van der Waals surface area contributed by atoms with Gasteiger partial charge >= 0.3 is 5.97 Å². The molecule has 0 fully saturated rings. The Morgan fingerprint density at radius 3 is 2.46 bits per heavy atom. The summed E-state index contributed by atoms with van der Waals surface area (Å²) in [6.45, 7) is -0.113. The summed E-state index contributed by atoms with van der Waals surface area (Å²) in [5.74, 6) is -1.37. The molecular formula is C20H13ClN2O4S. The molecule has 8 heteroatoms. The number of carbonyl (C=O) groups excluding carboxylic acids is 3. The number of carbonyl (C=O) groups is 3. The summed E-state index contributed by atoms with van der Waals surface area (Å²) in [6, 6.07) is 13.8. The number of imide groups is 1. The quantitative estimate of drug-likeness (QED) is 0.469. The number of amides is 2. The topological polar surface area (TPSA) is 76.6 Å². The third-order valence-electron chi connectivity index (χ3n) is 4.21. The van der Waals surface area contributed by atoms with Gasteiger partial charge < -0.3 is 4.74 Å². The average Bonchev–Trinajstić information content (AvgIpc) is 3.28. The number of thiazole rings is 1. The van der Waals surface area contributed by atoms with Crippen LogP contribution in [0.3, 0.4) is 0 Å².